The Bertz CT molecular complexity index is 220. The van der Waals surface area contributed by atoms with Gasteiger partial charge < -0.3 is 0 Å². The van der Waals surface area contributed by atoms with Crippen molar-refractivity contribution in [3.05, 3.63) is 34.6 Å². The van der Waals surface area contributed by atoms with E-state index in [2.05, 4.69) is 0 Å². The van der Waals surface area contributed by atoms with Crippen LogP contribution >= 0.6 is 11.6 Å². The molecule has 0 unspecified atom stereocenters. The maximum absolute atomic E-state index is 12.4. The molecule has 0 N–H and O–H groups in total. The molecule has 1 rings (SSSR count). The van der Waals surface area contributed by atoms with Crippen LogP contribution in [-0.4, -0.2) is 0 Å². The zero-order chi connectivity index (χ0) is 6.85. The molecule has 1 aromatic rings. The Morgan fingerprint density at radius 2 is 2.11 bits per heavy atom. The van der Waals surface area contributed by atoms with E-state index in [0.717, 1.165) is 5.56 Å². The molecule has 9 heavy (non-hydrogen) atoms. The summed E-state index contributed by atoms with van der Waals surface area (Å²) in [6.45, 7) is 1.82. The summed E-state index contributed by atoms with van der Waals surface area (Å²) in [5.41, 5.74) is 0.886. The minimum absolute atomic E-state index is 0.181. The molecule has 0 saturated heterocycles. The highest BCUT2D eigenvalue weighted by molar-refractivity contribution is 6.30. The zero-order valence-electron chi connectivity index (χ0n) is 4.99. The second kappa shape index (κ2) is 2.36. The van der Waals surface area contributed by atoms with Crippen molar-refractivity contribution < 1.29 is 4.39 Å². The van der Waals surface area contributed by atoms with Crippen molar-refractivity contribution in [3.63, 3.8) is 0 Å². The van der Waals surface area contributed by atoms with Gasteiger partial charge in [0.1, 0.15) is 5.82 Å². The Morgan fingerprint density at radius 1 is 1.44 bits per heavy atom. The number of hydrogen-bond donors (Lipinski definition) is 0. The largest absolute Gasteiger partial charge is 0.205 e. The third-order valence-electron chi connectivity index (χ3n) is 1.08. The first-order chi connectivity index (χ1) is 4.20. The highest BCUT2D eigenvalue weighted by atomic mass is 35.5. The predicted molar refractivity (Wildman–Crippen MR) is 36.1 cm³/mol. The van der Waals surface area contributed by atoms with E-state index < -0.39 is 0 Å². The molecule has 0 atom stereocenters. The molecular formula is C7H6ClF. The number of aryl methyl sites for hydroxylation is 1. The van der Waals surface area contributed by atoms with Crippen molar-refractivity contribution >= 4 is 11.6 Å². The predicted octanol–water partition coefficient (Wildman–Crippen LogP) is 2.79. The van der Waals surface area contributed by atoms with Crippen LogP contribution in [0.15, 0.2) is 18.2 Å². The van der Waals surface area contributed by atoms with E-state index in [-0.39, 0.29) is 10.8 Å². The summed E-state index contributed by atoms with van der Waals surface area (Å²) in [5.74, 6) is -0.350. The summed E-state index contributed by atoms with van der Waals surface area (Å²) in [5, 5.41) is 0.181. The summed E-state index contributed by atoms with van der Waals surface area (Å²) < 4.78 is 12.4. The average molecular weight is 145 g/mol. The van der Waals surface area contributed by atoms with Crippen molar-refractivity contribution in [2.24, 2.45) is 0 Å². The van der Waals surface area contributed by atoms with Crippen LogP contribution in [0.3, 0.4) is 0 Å². The minimum Gasteiger partial charge on any atom is -0.205 e. The zero-order valence-corrected chi connectivity index (χ0v) is 5.74. The van der Waals surface area contributed by atoms with Gasteiger partial charge in [-0.2, -0.15) is 0 Å². The molecule has 0 fully saturated rings. The van der Waals surface area contributed by atoms with E-state index in [4.69, 9.17) is 11.6 Å². The lowest BCUT2D eigenvalue weighted by atomic mass is 10.2. The van der Waals surface area contributed by atoms with E-state index in [1.54, 1.807) is 12.1 Å². The number of rotatable bonds is 0. The first-order valence-corrected chi connectivity index (χ1v) is 2.99. The van der Waals surface area contributed by atoms with Crippen LogP contribution in [0.2, 0.25) is 5.02 Å². The molecule has 0 nitrogen and oxygen atoms in total. The lowest BCUT2D eigenvalue weighted by Crippen LogP contribution is -1.76. The number of hydrogen-bond acceptors (Lipinski definition) is 0. The molecule has 0 aromatic heterocycles. The van der Waals surface area contributed by atoms with Crippen LogP contribution in [0.25, 0.3) is 0 Å². The van der Waals surface area contributed by atoms with Crippen molar-refractivity contribution in [1.29, 1.82) is 0 Å². The smallest absolute Gasteiger partial charge is 0.142 e. The second-order valence-electron chi connectivity index (χ2n) is 1.92. The standard InChI is InChI=1S/C7H6ClF/c1-5-2-3-6(8)7(9)4-5/h2-4H,1H3. The molecular weight excluding hydrogens is 139 g/mol. The molecule has 0 saturated carbocycles. The average Bonchev–Trinajstić information content (AvgIpc) is 1.80. The summed E-state index contributed by atoms with van der Waals surface area (Å²) >= 11 is 5.41. The number of benzene rings is 1. The van der Waals surface area contributed by atoms with Crippen LogP contribution in [0.4, 0.5) is 4.39 Å². The topological polar surface area (TPSA) is 0 Å². The van der Waals surface area contributed by atoms with Crippen molar-refractivity contribution in [3.8, 4) is 0 Å². The van der Waals surface area contributed by atoms with Gasteiger partial charge in [0.2, 0.25) is 0 Å². The van der Waals surface area contributed by atoms with E-state index in [9.17, 15) is 4.39 Å². The highest BCUT2D eigenvalue weighted by Crippen LogP contribution is 2.14. The molecule has 0 amide bonds. The third-order valence-corrected chi connectivity index (χ3v) is 1.38. The monoisotopic (exact) mass is 144 g/mol. The second-order valence-corrected chi connectivity index (χ2v) is 2.32. The van der Waals surface area contributed by atoms with Crippen molar-refractivity contribution in [1.82, 2.24) is 0 Å². The first-order valence-electron chi connectivity index (χ1n) is 2.62. The molecule has 48 valence electrons. The molecule has 0 aliphatic carbocycles. The Hall–Kier alpha value is -0.560. The molecule has 0 radical (unpaired) electrons. The van der Waals surface area contributed by atoms with E-state index in [1.165, 1.54) is 6.07 Å². The molecule has 0 aliphatic rings. The molecule has 0 heterocycles. The first kappa shape index (κ1) is 6.56. The van der Waals surface area contributed by atoms with Gasteiger partial charge in [0.15, 0.2) is 0 Å². The SMILES string of the molecule is Cc1ccc(Cl)c(F)c1. The summed E-state index contributed by atoms with van der Waals surface area (Å²) in [7, 11) is 0. The lowest BCUT2D eigenvalue weighted by Gasteiger charge is -1.92. The Labute approximate surface area is 58.3 Å². The normalized spacial score (nSPS) is 9.67. The summed E-state index contributed by atoms with van der Waals surface area (Å²) in [6.07, 6.45) is 0. The van der Waals surface area contributed by atoms with Crippen molar-refractivity contribution in [2.75, 3.05) is 0 Å². The van der Waals surface area contributed by atoms with Gasteiger partial charge >= 0.3 is 0 Å². The van der Waals surface area contributed by atoms with Crippen LogP contribution in [0.1, 0.15) is 5.56 Å². The van der Waals surface area contributed by atoms with Gasteiger partial charge in [0.05, 0.1) is 5.02 Å². The number of halogens is 2. The van der Waals surface area contributed by atoms with E-state index in [1.807, 2.05) is 6.92 Å². The molecule has 1 aromatic carbocycles. The fourth-order valence-electron chi connectivity index (χ4n) is 0.601. The van der Waals surface area contributed by atoms with Crippen LogP contribution < -0.4 is 0 Å². The van der Waals surface area contributed by atoms with Gasteiger partial charge in [-0.3, -0.25) is 0 Å². The highest BCUT2D eigenvalue weighted by Gasteiger charge is 1.95. The maximum Gasteiger partial charge on any atom is 0.142 e. The Kier molecular flexibility index (Phi) is 1.72. The van der Waals surface area contributed by atoms with Gasteiger partial charge in [-0.25, -0.2) is 4.39 Å². The minimum atomic E-state index is -0.350. The van der Waals surface area contributed by atoms with Crippen molar-refractivity contribution in [2.45, 2.75) is 6.92 Å². The Balaban J connectivity index is 3.17. The third kappa shape index (κ3) is 1.42. The van der Waals surface area contributed by atoms with Crippen LogP contribution in [0, 0.1) is 12.7 Å². The molecule has 0 aliphatic heterocycles. The summed E-state index contributed by atoms with van der Waals surface area (Å²) in [6, 6.07) is 4.72. The fraction of sp³-hybridized carbons (Fsp3) is 0.143. The van der Waals surface area contributed by atoms with Gasteiger partial charge in [0, 0.05) is 0 Å². The van der Waals surface area contributed by atoms with E-state index >= 15 is 0 Å². The molecule has 2 heteroatoms. The Morgan fingerprint density at radius 3 is 2.56 bits per heavy atom. The maximum atomic E-state index is 12.4. The van der Waals surface area contributed by atoms with Crippen LogP contribution in [0.5, 0.6) is 0 Å². The summed E-state index contributed by atoms with van der Waals surface area (Å²) in [4.78, 5) is 0. The molecule has 0 spiro atoms. The quantitative estimate of drug-likeness (QED) is 0.525. The van der Waals surface area contributed by atoms with Gasteiger partial charge in [-0.05, 0) is 24.6 Å². The van der Waals surface area contributed by atoms with E-state index in [0.29, 0.717) is 0 Å². The van der Waals surface area contributed by atoms with Crippen LogP contribution in [-0.2, 0) is 0 Å². The van der Waals surface area contributed by atoms with Gasteiger partial charge in [-0.1, -0.05) is 17.7 Å². The fourth-order valence-corrected chi connectivity index (χ4v) is 0.719. The van der Waals surface area contributed by atoms with Gasteiger partial charge in [-0.15, -0.1) is 0 Å². The lowest BCUT2D eigenvalue weighted by molar-refractivity contribution is 0.627. The molecule has 0 bridgehead atoms. The van der Waals surface area contributed by atoms with Gasteiger partial charge in [0.25, 0.3) is 0 Å².